The van der Waals surface area contributed by atoms with Crippen LogP contribution in [0.5, 0.6) is 0 Å². The van der Waals surface area contributed by atoms with Gasteiger partial charge >= 0.3 is 0 Å². The average Bonchev–Trinajstić information content (AvgIpc) is 2.57. The van der Waals surface area contributed by atoms with E-state index in [4.69, 9.17) is 5.73 Å². The normalized spacial score (nSPS) is 27.4. The maximum Gasteiger partial charge on any atom is 0.227 e. The third-order valence-electron chi connectivity index (χ3n) is 4.34. The molecule has 1 aliphatic rings. The number of hydrogen-bond acceptors (Lipinski definition) is 2. The van der Waals surface area contributed by atoms with E-state index >= 15 is 0 Å². The number of amides is 1. The van der Waals surface area contributed by atoms with Crippen LogP contribution in [0.15, 0.2) is 0 Å². The monoisotopic (exact) mass is 226 g/mol. The number of carbonyl (C=O) groups is 1. The average molecular weight is 226 g/mol. The molecule has 3 heteroatoms. The van der Waals surface area contributed by atoms with Crippen LogP contribution in [0.25, 0.3) is 0 Å². The highest BCUT2D eigenvalue weighted by Gasteiger charge is 2.38. The lowest BCUT2D eigenvalue weighted by Crippen LogP contribution is -2.50. The van der Waals surface area contributed by atoms with Gasteiger partial charge in [0.05, 0.1) is 5.41 Å². The number of nitrogens with one attached hydrogen (secondary N) is 1. The SMILES string of the molecule is CCC(C)(CN)C(=O)NC1CCCC1(C)C. The summed E-state index contributed by atoms with van der Waals surface area (Å²) in [7, 11) is 0. The Kier molecular flexibility index (Phi) is 4.00. The molecular formula is C13H26N2O. The van der Waals surface area contributed by atoms with Crippen LogP contribution in [0.4, 0.5) is 0 Å². The van der Waals surface area contributed by atoms with Crippen molar-refractivity contribution in [1.82, 2.24) is 5.32 Å². The second-order valence-corrected chi connectivity index (χ2v) is 6.03. The molecule has 1 rings (SSSR count). The Morgan fingerprint density at radius 1 is 1.56 bits per heavy atom. The van der Waals surface area contributed by atoms with Gasteiger partial charge in [-0.25, -0.2) is 0 Å². The van der Waals surface area contributed by atoms with E-state index in [1.807, 2.05) is 13.8 Å². The molecule has 0 bridgehead atoms. The Hall–Kier alpha value is -0.570. The molecule has 1 amide bonds. The fourth-order valence-corrected chi connectivity index (χ4v) is 2.32. The number of hydrogen-bond donors (Lipinski definition) is 2. The van der Waals surface area contributed by atoms with E-state index in [1.165, 1.54) is 12.8 Å². The Bertz CT molecular complexity index is 257. The molecule has 16 heavy (non-hydrogen) atoms. The van der Waals surface area contributed by atoms with Crippen LogP contribution < -0.4 is 11.1 Å². The largest absolute Gasteiger partial charge is 0.352 e. The van der Waals surface area contributed by atoms with Crippen LogP contribution in [0.2, 0.25) is 0 Å². The van der Waals surface area contributed by atoms with E-state index in [0.717, 1.165) is 12.8 Å². The minimum atomic E-state index is -0.404. The van der Waals surface area contributed by atoms with Crippen molar-refractivity contribution < 1.29 is 4.79 Å². The maximum absolute atomic E-state index is 12.2. The van der Waals surface area contributed by atoms with Crippen molar-refractivity contribution in [2.75, 3.05) is 6.54 Å². The molecule has 1 aliphatic carbocycles. The number of carbonyl (C=O) groups excluding carboxylic acids is 1. The van der Waals surface area contributed by atoms with Gasteiger partial charge in [0.1, 0.15) is 0 Å². The van der Waals surface area contributed by atoms with Crippen LogP contribution in [-0.4, -0.2) is 18.5 Å². The maximum atomic E-state index is 12.2. The molecule has 3 nitrogen and oxygen atoms in total. The Morgan fingerprint density at radius 3 is 2.56 bits per heavy atom. The van der Waals surface area contributed by atoms with Crippen molar-refractivity contribution in [3.8, 4) is 0 Å². The minimum Gasteiger partial charge on any atom is -0.352 e. The molecule has 0 radical (unpaired) electrons. The standard InChI is InChI=1S/C13H26N2O/c1-5-13(4,9-14)11(16)15-10-7-6-8-12(10,2)3/h10H,5-9,14H2,1-4H3,(H,15,16). The van der Waals surface area contributed by atoms with Crippen molar-refractivity contribution in [2.45, 2.75) is 59.4 Å². The van der Waals surface area contributed by atoms with Gasteiger partial charge in [-0.05, 0) is 31.6 Å². The first-order valence-corrected chi connectivity index (χ1v) is 6.37. The molecule has 0 heterocycles. The van der Waals surface area contributed by atoms with Gasteiger partial charge in [0.2, 0.25) is 5.91 Å². The van der Waals surface area contributed by atoms with Gasteiger partial charge in [-0.2, -0.15) is 0 Å². The van der Waals surface area contributed by atoms with Crippen LogP contribution >= 0.6 is 0 Å². The summed E-state index contributed by atoms with van der Waals surface area (Å²) in [6.45, 7) is 8.85. The zero-order valence-corrected chi connectivity index (χ0v) is 11.1. The van der Waals surface area contributed by atoms with Gasteiger partial charge in [-0.1, -0.05) is 27.2 Å². The second-order valence-electron chi connectivity index (χ2n) is 6.03. The molecule has 2 atom stereocenters. The van der Waals surface area contributed by atoms with Gasteiger partial charge in [-0.15, -0.1) is 0 Å². The molecule has 0 spiro atoms. The predicted molar refractivity (Wildman–Crippen MR) is 67.0 cm³/mol. The van der Waals surface area contributed by atoms with Crippen LogP contribution in [0.1, 0.15) is 53.4 Å². The lowest BCUT2D eigenvalue weighted by atomic mass is 9.83. The van der Waals surface area contributed by atoms with Crippen molar-refractivity contribution in [2.24, 2.45) is 16.6 Å². The summed E-state index contributed by atoms with van der Waals surface area (Å²) in [4.78, 5) is 12.2. The molecule has 0 saturated heterocycles. The summed E-state index contributed by atoms with van der Waals surface area (Å²) in [6.07, 6.45) is 4.30. The minimum absolute atomic E-state index is 0.123. The molecule has 0 aromatic carbocycles. The summed E-state index contributed by atoms with van der Waals surface area (Å²) in [5.41, 5.74) is 5.53. The molecule has 1 saturated carbocycles. The molecule has 2 unspecified atom stereocenters. The number of nitrogens with two attached hydrogens (primary N) is 1. The van der Waals surface area contributed by atoms with Crippen LogP contribution in [0, 0.1) is 10.8 Å². The smallest absolute Gasteiger partial charge is 0.227 e. The Balaban J connectivity index is 2.64. The summed E-state index contributed by atoms with van der Waals surface area (Å²) < 4.78 is 0. The van der Waals surface area contributed by atoms with Crippen molar-refractivity contribution in [1.29, 1.82) is 0 Å². The zero-order valence-electron chi connectivity index (χ0n) is 11.1. The van der Waals surface area contributed by atoms with E-state index in [-0.39, 0.29) is 11.3 Å². The quantitative estimate of drug-likeness (QED) is 0.771. The molecule has 0 aromatic heterocycles. The first kappa shape index (κ1) is 13.5. The highest BCUT2D eigenvalue weighted by atomic mass is 16.2. The van der Waals surface area contributed by atoms with Gasteiger partial charge in [-0.3, -0.25) is 4.79 Å². The Morgan fingerprint density at radius 2 is 2.19 bits per heavy atom. The first-order chi connectivity index (χ1) is 7.35. The fourth-order valence-electron chi connectivity index (χ4n) is 2.32. The predicted octanol–water partition coefficient (Wildman–Crippen LogP) is 2.06. The van der Waals surface area contributed by atoms with E-state index in [2.05, 4.69) is 19.2 Å². The molecule has 0 aliphatic heterocycles. The van der Waals surface area contributed by atoms with Gasteiger partial charge in [0.25, 0.3) is 0 Å². The third kappa shape index (κ3) is 2.57. The first-order valence-electron chi connectivity index (χ1n) is 6.37. The van der Waals surface area contributed by atoms with E-state index < -0.39 is 5.41 Å². The van der Waals surface area contributed by atoms with Crippen molar-refractivity contribution in [3.63, 3.8) is 0 Å². The van der Waals surface area contributed by atoms with Gasteiger partial charge in [0.15, 0.2) is 0 Å². The summed E-state index contributed by atoms with van der Waals surface area (Å²) in [5, 5.41) is 3.19. The summed E-state index contributed by atoms with van der Waals surface area (Å²) in [6, 6.07) is 0.317. The Labute approximate surface area is 99.2 Å². The molecule has 94 valence electrons. The molecular weight excluding hydrogens is 200 g/mol. The molecule has 1 fully saturated rings. The summed E-state index contributed by atoms with van der Waals surface area (Å²) >= 11 is 0. The topological polar surface area (TPSA) is 55.1 Å². The highest BCUT2D eigenvalue weighted by Crippen LogP contribution is 2.37. The second kappa shape index (κ2) is 4.74. The zero-order chi connectivity index (χ0) is 12.4. The lowest BCUT2D eigenvalue weighted by molar-refractivity contribution is -0.131. The van der Waals surface area contributed by atoms with E-state index in [0.29, 0.717) is 12.6 Å². The fraction of sp³-hybridized carbons (Fsp3) is 0.923. The number of rotatable bonds is 4. The highest BCUT2D eigenvalue weighted by molar-refractivity contribution is 5.82. The molecule has 0 aromatic rings. The van der Waals surface area contributed by atoms with Gasteiger partial charge in [0, 0.05) is 12.6 Å². The van der Waals surface area contributed by atoms with E-state index in [9.17, 15) is 4.79 Å². The molecule has 3 N–H and O–H groups in total. The van der Waals surface area contributed by atoms with Crippen molar-refractivity contribution >= 4 is 5.91 Å². The summed E-state index contributed by atoms with van der Waals surface area (Å²) in [5.74, 6) is 0.123. The van der Waals surface area contributed by atoms with Crippen molar-refractivity contribution in [3.05, 3.63) is 0 Å². The third-order valence-corrected chi connectivity index (χ3v) is 4.34. The van der Waals surface area contributed by atoms with Crippen LogP contribution in [-0.2, 0) is 4.79 Å². The van der Waals surface area contributed by atoms with E-state index in [1.54, 1.807) is 0 Å². The van der Waals surface area contributed by atoms with Gasteiger partial charge < -0.3 is 11.1 Å². The lowest BCUT2D eigenvalue weighted by Gasteiger charge is -2.32. The van der Waals surface area contributed by atoms with Crippen LogP contribution in [0.3, 0.4) is 0 Å².